The average molecular weight is 373 g/mol. The van der Waals surface area contributed by atoms with Gasteiger partial charge in [0.2, 0.25) is 0 Å². The fourth-order valence-electron chi connectivity index (χ4n) is 2.96. The van der Waals surface area contributed by atoms with E-state index in [1.54, 1.807) is 30.3 Å². The van der Waals surface area contributed by atoms with Crippen LogP contribution in [0.4, 0.5) is 18.9 Å². The smallest absolute Gasteiger partial charge is 0.408 e. The zero-order valence-electron chi connectivity index (χ0n) is 14.0. The van der Waals surface area contributed by atoms with Crippen LogP contribution in [0.25, 0.3) is 22.4 Å². The van der Waals surface area contributed by atoms with Crippen molar-refractivity contribution in [3.8, 4) is 28.1 Å². The standard InChI is InChI=1S/C19H14F3N3O2/c20-19(21,22)11-25-9-14(12-4-2-1-3-5-12)18(24-25)13-6-7-16-15(8-13)23-17(26)10-27-16/h1-9H,10-11H2,(H,23,26). The SMILES string of the molecule is O=C1COc2ccc(-c3nn(CC(F)(F)F)cc3-c3ccccc3)cc2N1. The lowest BCUT2D eigenvalue weighted by atomic mass is 10.0. The monoisotopic (exact) mass is 373 g/mol. The van der Waals surface area contributed by atoms with Gasteiger partial charge in [-0.2, -0.15) is 18.3 Å². The first-order chi connectivity index (χ1) is 12.9. The summed E-state index contributed by atoms with van der Waals surface area (Å²) in [6.45, 7) is -1.25. The van der Waals surface area contributed by atoms with Crippen LogP contribution in [0, 0.1) is 0 Å². The van der Waals surface area contributed by atoms with Gasteiger partial charge in [-0.15, -0.1) is 0 Å². The number of nitrogens with one attached hydrogen (secondary N) is 1. The van der Waals surface area contributed by atoms with Crippen molar-refractivity contribution in [3.05, 3.63) is 54.7 Å². The second-order valence-corrected chi connectivity index (χ2v) is 6.12. The van der Waals surface area contributed by atoms with Crippen molar-refractivity contribution >= 4 is 11.6 Å². The molecule has 27 heavy (non-hydrogen) atoms. The van der Waals surface area contributed by atoms with E-state index in [1.165, 1.54) is 6.20 Å². The minimum absolute atomic E-state index is 0.0676. The van der Waals surface area contributed by atoms with Gasteiger partial charge in [0.1, 0.15) is 18.0 Å². The Bertz CT molecular complexity index is 997. The Morgan fingerprint density at radius 3 is 2.63 bits per heavy atom. The molecule has 0 fully saturated rings. The number of halogens is 3. The molecule has 1 amide bonds. The number of anilines is 1. The van der Waals surface area contributed by atoms with Gasteiger partial charge < -0.3 is 10.1 Å². The van der Waals surface area contributed by atoms with E-state index in [1.807, 2.05) is 18.2 Å². The number of carbonyl (C=O) groups excluding carboxylic acids is 1. The maximum absolute atomic E-state index is 12.8. The zero-order chi connectivity index (χ0) is 19.0. The van der Waals surface area contributed by atoms with Crippen LogP contribution in [0.2, 0.25) is 0 Å². The number of hydrogen-bond donors (Lipinski definition) is 1. The summed E-state index contributed by atoms with van der Waals surface area (Å²) >= 11 is 0. The molecule has 4 rings (SSSR count). The number of fused-ring (bicyclic) bond motifs is 1. The molecule has 0 atom stereocenters. The Labute approximate surface area is 152 Å². The molecular weight excluding hydrogens is 359 g/mol. The Balaban J connectivity index is 1.81. The van der Waals surface area contributed by atoms with E-state index in [2.05, 4.69) is 10.4 Å². The Hall–Kier alpha value is -3.29. The summed E-state index contributed by atoms with van der Waals surface area (Å²) in [6, 6.07) is 14.1. The lowest BCUT2D eigenvalue weighted by Gasteiger charge is -2.18. The lowest BCUT2D eigenvalue weighted by Crippen LogP contribution is -2.25. The molecule has 0 spiro atoms. The van der Waals surface area contributed by atoms with Crippen molar-refractivity contribution in [1.82, 2.24) is 9.78 Å². The van der Waals surface area contributed by atoms with E-state index in [9.17, 15) is 18.0 Å². The molecule has 0 radical (unpaired) electrons. The minimum Gasteiger partial charge on any atom is -0.482 e. The first kappa shape index (κ1) is 17.1. The third-order valence-corrected chi connectivity index (χ3v) is 4.07. The molecule has 8 heteroatoms. The molecule has 0 saturated heterocycles. The lowest BCUT2D eigenvalue weighted by molar-refractivity contribution is -0.142. The van der Waals surface area contributed by atoms with Gasteiger partial charge in [0.15, 0.2) is 6.61 Å². The quantitative estimate of drug-likeness (QED) is 0.752. The molecular formula is C19H14F3N3O2. The molecule has 0 unspecified atom stereocenters. The van der Waals surface area contributed by atoms with Crippen LogP contribution in [0.15, 0.2) is 54.7 Å². The predicted octanol–water partition coefficient (Wildman–Crippen LogP) is 4.11. The van der Waals surface area contributed by atoms with E-state index in [-0.39, 0.29) is 12.5 Å². The molecule has 0 bridgehead atoms. The summed E-state index contributed by atoms with van der Waals surface area (Å²) in [5.74, 6) is 0.222. The summed E-state index contributed by atoms with van der Waals surface area (Å²) < 4.78 is 44.7. The van der Waals surface area contributed by atoms with Gasteiger partial charge in [-0.05, 0) is 23.8 Å². The fraction of sp³-hybridized carbons (Fsp3) is 0.158. The van der Waals surface area contributed by atoms with E-state index in [4.69, 9.17) is 4.74 Å². The number of alkyl halides is 3. The van der Waals surface area contributed by atoms with Crippen molar-refractivity contribution in [3.63, 3.8) is 0 Å². The molecule has 5 nitrogen and oxygen atoms in total. The number of amides is 1. The average Bonchev–Trinajstić information content (AvgIpc) is 3.03. The van der Waals surface area contributed by atoms with Crippen molar-refractivity contribution < 1.29 is 22.7 Å². The number of aromatic nitrogens is 2. The first-order valence-corrected chi connectivity index (χ1v) is 8.16. The number of benzene rings is 2. The van der Waals surface area contributed by atoms with Crippen molar-refractivity contribution in [1.29, 1.82) is 0 Å². The van der Waals surface area contributed by atoms with Gasteiger partial charge in [-0.25, -0.2) is 0 Å². The number of rotatable bonds is 3. The highest BCUT2D eigenvalue weighted by Crippen LogP contribution is 2.36. The highest BCUT2D eigenvalue weighted by atomic mass is 19.4. The third-order valence-electron chi connectivity index (χ3n) is 4.07. The topological polar surface area (TPSA) is 56.1 Å². The van der Waals surface area contributed by atoms with Crippen molar-refractivity contribution in [2.75, 3.05) is 11.9 Å². The van der Waals surface area contributed by atoms with Crippen LogP contribution in [0.3, 0.4) is 0 Å². The summed E-state index contributed by atoms with van der Waals surface area (Å²) in [7, 11) is 0. The fourth-order valence-corrected chi connectivity index (χ4v) is 2.96. The molecule has 3 aromatic rings. The summed E-state index contributed by atoms with van der Waals surface area (Å²) in [5.41, 5.74) is 2.77. The van der Waals surface area contributed by atoms with Crippen LogP contribution >= 0.6 is 0 Å². The Morgan fingerprint density at radius 2 is 1.89 bits per heavy atom. The van der Waals surface area contributed by atoms with Gasteiger partial charge in [0.25, 0.3) is 5.91 Å². The second-order valence-electron chi connectivity index (χ2n) is 6.12. The predicted molar refractivity (Wildman–Crippen MR) is 93.3 cm³/mol. The van der Waals surface area contributed by atoms with Crippen molar-refractivity contribution in [2.45, 2.75) is 12.7 Å². The molecule has 138 valence electrons. The summed E-state index contributed by atoms with van der Waals surface area (Å²) in [6.07, 6.45) is -3.00. The highest BCUT2D eigenvalue weighted by molar-refractivity contribution is 5.96. The maximum atomic E-state index is 12.8. The molecule has 2 aromatic carbocycles. The number of ether oxygens (including phenoxy) is 1. The Kier molecular flexibility index (Phi) is 4.10. The number of hydrogen-bond acceptors (Lipinski definition) is 3. The van der Waals surface area contributed by atoms with Crippen LogP contribution in [-0.4, -0.2) is 28.5 Å². The van der Waals surface area contributed by atoms with Crippen LogP contribution < -0.4 is 10.1 Å². The van der Waals surface area contributed by atoms with E-state index < -0.39 is 12.7 Å². The van der Waals surface area contributed by atoms with Gasteiger partial charge >= 0.3 is 6.18 Å². The molecule has 1 N–H and O–H groups in total. The van der Waals surface area contributed by atoms with Crippen LogP contribution in [-0.2, 0) is 11.3 Å². The van der Waals surface area contributed by atoms with Crippen molar-refractivity contribution in [2.24, 2.45) is 0 Å². The molecule has 1 aromatic heterocycles. The first-order valence-electron chi connectivity index (χ1n) is 8.16. The molecule has 0 saturated carbocycles. The number of nitrogens with zero attached hydrogens (tertiary/aromatic N) is 2. The molecule has 1 aliphatic heterocycles. The van der Waals surface area contributed by atoms with Gasteiger partial charge in [0, 0.05) is 17.3 Å². The normalized spacial score (nSPS) is 13.7. The number of carbonyl (C=O) groups is 1. The van der Waals surface area contributed by atoms with E-state index in [0.717, 1.165) is 10.2 Å². The van der Waals surface area contributed by atoms with E-state index >= 15 is 0 Å². The third kappa shape index (κ3) is 3.64. The summed E-state index contributed by atoms with van der Waals surface area (Å²) in [5, 5.41) is 6.85. The van der Waals surface area contributed by atoms with Gasteiger partial charge in [-0.3, -0.25) is 9.48 Å². The van der Waals surface area contributed by atoms with Crippen LogP contribution in [0.1, 0.15) is 0 Å². The maximum Gasteiger partial charge on any atom is 0.408 e. The molecule has 1 aliphatic rings. The van der Waals surface area contributed by atoms with E-state index in [0.29, 0.717) is 28.3 Å². The summed E-state index contributed by atoms with van der Waals surface area (Å²) in [4.78, 5) is 11.5. The molecule has 2 heterocycles. The van der Waals surface area contributed by atoms with Gasteiger partial charge in [-0.1, -0.05) is 30.3 Å². The highest BCUT2D eigenvalue weighted by Gasteiger charge is 2.29. The van der Waals surface area contributed by atoms with Crippen LogP contribution in [0.5, 0.6) is 5.75 Å². The zero-order valence-corrected chi connectivity index (χ0v) is 14.0. The second kappa shape index (κ2) is 6.46. The molecule has 0 aliphatic carbocycles. The van der Waals surface area contributed by atoms with Gasteiger partial charge in [0.05, 0.1) is 5.69 Å². The Morgan fingerprint density at radius 1 is 1.11 bits per heavy atom. The largest absolute Gasteiger partial charge is 0.482 e. The minimum atomic E-state index is -4.38.